The lowest BCUT2D eigenvalue weighted by Gasteiger charge is -2.34. The second-order valence-electron chi connectivity index (χ2n) is 9.77. The van der Waals surface area contributed by atoms with Gasteiger partial charge >= 0.3 is 0 Å². The van der Waals surface area contributed by atoms with E-state index in [1.54, 1.807) is 30.3 Å². The molecule has 0 heterocycles. The molecule has 0 aliphatic carbocycles. The molecule has 4 rings (SSSR count). The predicted octanol–water partition coefficient (Wildman–Crippen LogP) is 5.59. The average molecular weight is 649 g/mol. The standard InChI is InChI=1S/C33H34BrN3O4S/c1-3-27-14-10-11-17-30(27)37(42(40,41)29-15-8-5-9-16-29)24-32(38)36(23-26-18-20-28(34)21-19-26)31(33(39)35-2)22-25-12-6-4-7-13-25/h4-21,31H,3,22-24H2,1-2H3,(H,35,39)/t31-/m0/s1. The maximum atomic E-state index is 14.4. The van der Waals surface area contributed by atoms with E-state index in [9.17, 15) is 18.0 Å². The van der Waals surface area contributed by atoms with Crippen molar-refractivity contribution < 1.29 is 18.0 Å². The van der Waals surface area contributed by atoms with E-state index < -0.39 is 28.5 Å². The first kappa shape index (κ1) is 31.0. The van der Waals surface area contributed by atoms with Gasteiger partial charge in [-0.15, -0.1) is 0 Å². The molecule has 2 amide bonds. The molecule has 4 aromatic carbocycles. The van der Waals surface area contributed by atoms with Gasteiger partial charge in [0.25, 0.3) is 10.0 Å². The second kappa shape index (κ2) is 14.3. The molecule has 7 nitrogen and oxygen atoms in total. The molecule has 218 valence electrons. The molecule has 0 aliphatic heterocycles. The summed E-state index contributed by atoms with van der Waals surface area (Å²) in [5, 5.41) is 2.70. The van der Waals surface area contributed by atoms with Crippen LogP contribution in [0.2, 0.25) is 0 Å². The highest BCUT2D eigenvalue weighted by molar-refractivity contribution is 9.10. The maximum Gasteiger partial charge on any atom is 0.264 e. The van der Waals surface area contributed by atoms with Crippen molar-refractivity contribution in [1.29, 1.82) is 0 Å². The molecule has 0 aliphatic rings. The Labute approximate surface area is 256 Å². The summed E-state index contributed by atoms with van der Waals surface area (Å²) in [6.07, 6.45) is 0.836. The third kappa shape index (κ3) is 7.46. The zero-order chi connectivity index (χ0) is 30.1. The molecule has 1 N–H and O–H groups in total. The van der Waals surface area contributed by atoms with Crippen LogP contribution in [0.5, 0.6) is 0 Å². The van der Waals surface area contributed by atoms with Crippen LogP contribution < -0.4 is 9.62 Å². The SMILES string of the molecule is CCc1ccccc1N(CC(=O)N(Cc1ccc(Br)cc1)[C@@H](Cc1ccccc1)C(=O)NC)S(=O)(=O)c1ccccc1. The fourth-order valence-electron chi connectivity index (χ4n) is 4.79. The number of rotatable bonds is 12. The molecule has 0 spiro atoms. The topological polar surface area (TPSA) is 86.8 Å². The molecule has 0 aromatic heterocycles. The molecular formula is C33H34BrN3O4S. The minimum absolute atomic E-state index is 0.0790. The molecule has 0 bridgehead atoms. The molecule has 0 saturated carbocycles. The van der Waals surface area contributed by atoms with Crippen LogP contribution in [-0.2, 0) is 39.0 Å². The van der Waals surface area contributed by atoms with Gasteiger partial charge in [0.05, 0.1) is 10.6 Å². The number of anilines is 1. The minimum Gasteiger partial charge on any atom is -0.357 e. The van der Waals surface area contributed by atoms with Crippen LogP contribution in [0.4, 0.5) is 5.69 Å². The van der Waals surface area contributed by atoms with Gasteiger partial charge in [-0.25, -0.2) is 8.42 Å². The van der Waals surface area contributed by atoms with Gasteiger partial charge in [0.15, 0.2) is 0 Å². The van der Waals surface area contributed by atoms with Gasteiger partial charge < -0.3 is 10.2 Å². The quantitative estimate of drug-likeness (QED) is 0.217. The Bertz CT molecular complexity index is 1600. The minimum atomic E-state index is -4.13. The highest BCUT2D eigenvalue weighted by atomic mass is 79.9. The van der Waals surface area contributed by atoms with Crippen molar-refractivity contribution in [2.24, 2.45) is 0 Å². The van der Waals surface area contributed by atoms with Gasteiger partial charge in [0.1, 0.15) is 12.6 Å². The Balaban J connectivity index is 1.80. The maximum absolute atomic E-state index is 14.4. The molecule has 0 saturated heterocycles. The molecule has 1 atom stereocenters. The van der Waals surface area contributed by atoms with Crippen LogP contribution in [0.15, 0.2) is 119 Å². The fraction of sp³-hybridized carbons (Fsp3) is 0.212. The van der Waals surface area contributed by atoms with E-state index in [1.165, 1.54) is 28.4 Å². The number of halogens is 1. The van der Waals surface area contributed by atoms with Crippen molar-refractivity contribution in [2.75, 3.05) is 17.9 Å². The van der Waals surface area contributed by atoms with E-state index in [2.05, 4.69) is 21.2 Å². The first-order valence-electron chi connectivity index (χ1n) is 13.7. The number of hydrogen-bond donors (Lipinski definition) is 1. The van der Waals surface area contributed by atoms with E-state index in [1.807, 2.05) is 73.7 Å². The number of nitrogens with zero attached hydrogens (tertiary/aromatic N) is 2. The summed E-state index contributed by atoms with van der Waals surface area (Å²) in [5.74, 6) is -0.830. The molecule has 4 aromatic rings. The zero-order valence-corrected chi connectivity index (χ0v) is 26.0. The number of hydrogen-bond acceptors (Lipinski definition) is 4. The molecule has 0 radical (unpaired) electrons. The van der Waals surface area contributed by atoms with Gasteiger partial charge in [-0.1, -0.05) is 102 Å². The van der Waals surface area contributed by atoms with Crippen LogP contribution in [0, 0.1) is 0 Å². The first-order valence-corrected chi connectivity index (χ1v) is 15.9. The Morgan fingerprint density at radius 2 is 1.40 bits per heavy atom. The predicted molar refractivity (Wildman–Crippen MR) is 169 cm³/mol. The van der Waals surface area contributed by atoms with Crippen molar-refractivity contribution in [1.82, 2.24) is 10.2 Å². The average Bonchev–Trinajstić information content (AvgIpc) is 3.02. The molecular weight excluding hydrogens is 614 g/mol. The van der Waals surface area contributed by atoms with Crippen molar-refractivity contribution in [3.05, 3.63) is 130 Å². The van der Waals surface area contributed by atoms with E-state index in [-0.39, 0.29) is 23.8 Å². The Hall–Kier alpha value is -3.95. The summed E-state index contributed by atoms with van der Waals surface area (Å²) >= 11 is 3.45. The van der Waals surface area contributed by atoms with Gasteiger partial charge in [0, 0.05) is 24.5 Å². The second-order valence-corrected chi connectivity index (χ2v) is 12.6. The normalized spacial score (nSPS) is 11.9. The molecule has 0 fully saturated rings. The number of likely N-dealkylation sites (N-methyl/N-ethyl adjacent to an activating group) is 1. The number of nitrogens with one attached hydrogen (secondary N) is 1. The first-order chi connectivity index (χ1) is 20.2. The largest absolute Gasteiger partial charge is 0.357 e. The van der Waals surface area contributed by atoms with E-state index in [4.69, 9.17) is 0 Å². The fourth-order valence-corrected chi connectivity index (χ4v) is 6.53. The van der Waals surface area contributed by atoms with Crippen LogP contribution in [-0.4, -0.2) is 44.8 Å². The number of benzene rings is 4. The Kier molecular flexibility index (Phi) is 10.5. The van der Waals surface area contributed by atoms with Crippen molar-refractivity contribution in [3.63, 3.8) is 0 Å². The highest BCUT2D eigenvalue weighted by Gasteiger charge is 2.34. The van der Waals surface area contributed by atoms with E-state index in [0.29, 0.717) is 12.1 Å². The van der Waals surface area contributed by atoms with Gasteiger partial charge in [-0.05, 0) is 53.4 Å². The third-order valence-corrected chi connectivity index (χ3v) is 9.34. The van der Waals surface area contributed by atoms with E-state index in [0.717, 1.165) is 21.2 Å². The van der Waals surface area contributed by atoms with Gasteiger partial charge in [-0.2, -0.15) is 0 Å². The van der Waals surface area contributed by atoms with Crippen LogP contribution in [0.3, 0.4) is 0 Å². The summed E-state index contributed by atoms with van der Waals surface area (Å²) in [6.45, 7) is 1.58. The van der Waals surface area contributed by atoms with E-state index >= 15 is 0 Å². The van der Waals surface area contributed by atoms with Crippen molar-refractivity contribution >= 4 is 43.5 Å². The number of aryl methyl sites for hydroxylation is 1. The lowest BCUT2D eigenvalue weighted by Crippen LogP contribution is -2.53. The molecule has 0 unspecified atom stereocenters. The highest BCUT2D eigenvalue weighted by Crippen LogP contribution is 2.28. The van der Waals surface area contributed by atoms with Crippen LogP contribution >= 0.6 is 15.9 Å². The van der Waals surface area contributed by atoms with Crippen molar-refractivity contribution in [3.8, 4) is 0 Å². The lowest BCUT2D eigenvalue weighted by atomic mass is 10.0. The number of carbonyl (C=O) groups is 2. The summed E-state index contributed by atoms with van der Waals surface area (Å²) < 4.78 is 30.2. The smallest absolute Gasteiger partial charge is 0.264 e. The lowest BCUT2D eigenvalue weighted by molar-refractivity contribution is -0.139. The summed E-state index contributed by atoms with van der Waals surface area (Å²) in [4.78, 5) is 29.3. The number of carbonyl (C=O) groups excluding carboxylic acids is 2. The number of para-hydroxylation sites is 1. The zero-order valence-electron chi connectivity index (χ0n) is 23.6. The third-order valence-electron chi connectivity index (χ3n) is 7.03. The number of sulfonamides is 1. The number of amides is 2. The summed E-state index contributed by atoms with van der Waals surface area (Å²) in [6, 6.07) is 31.3. The van der Waals surface area contributed by atoms with Gasteiger partial charge in [-0.3, -0.25) is 13.9 Å². The van der Waals surface area contributed by atoms with Gasteiger partial charge in [0.2, 0.25) is 11.8 Å². The summed E-state index contributed by atoms with van der Waals surface area (Å²) in [7, 11) is -2.59. The summed E-state index contributed by atoms with van der Waals surface area (Å²) in [5.41, 5.74) is 2.90. The Morgan fingerprint density at radius 1 is 0.810 bits per heavy atom. The molecule has 42 heavy (non-hydrogen) atoms. The van der Waals surface area contributed by atoms with Crippen LogP contribution in [0.25, 0.3) is 0 Å². The van der Waals surface area contributed by atoms with Crippen molar-refractivity contribution in [2.45, 2.75) is 37.2 Å². The van der Waals surface area contributed by atoms with Crippen LogP contribution in [0.1, 0.15) is 23.6 Å². The molecule has 9 heteroatoms. The Morgan fingerprint density at radius 3 is 2.02 bits per heavy atom. The monoisotopic (exact) mass is 647 g/mol.